The first kappa shape index (κ1) is 25.3. The van der Waals surface area contributed by atoms with E-state index in [1.807, 2.05) is 35.7 Å². The van der Waals surface area contributed by atoms with Gasteiger partial charge < -0.3 is 9.47 Å². The minimum atomic E-state index is -4.45. The summed E-state index contributed by atoms with van der Waals surface area (Å²) in [4.78, 5) is 19.7. The number of halogens is 4. The Morgan fingerprint density at radius 1 is 1.18 bits per heavy atom. The Balaban J connectivity index is 2.16. The molecular formula is C22H21ClF3N4OPS. The van der Waals surface area contributed by atoms with Gasteiger partial charge in [0.2, 0.25) is 6.41 Å². The molecular weight excluding hydrogens is 492 g/mol. The van der Waals surface area contributed by atoms with E-state index in [4.69, 9.17) is 11.6 Å². The number of aromatic nitrogens is 2. The molecule has 11 heteroatoms. The summed E-state index contributed by atoms with van der Waals surface area (Å²) < 4.78 is 41.5. The van der Waals surface area contributed by atoms with Crippen LogP contribution >= 0.6 is 32.2 Å². The molecule has 0 saturated heterocycles. The number of alkyl halides is 3. The molecule has 1 heterocycles. The Hall–Kier alpha value is -2.32. The van der Waals surface area contributed by atoms with E-state index in [1.54, 1.807) is 25.2 Å². The van der Waals surface area contributed by atoms with E-state index < -0.39 is 11.7 Å². The van der Waals surface area contributed by atoms with Crippen LogP contribution in [0.5, 0.6) is 0 Å². The van der Waals surface area contributed by atoms with Gasteiger partial charge in [-0.05, 0) is 50.0 Å². The van der Waals surface area contributed by atoms with Crippen LogP contribution in [0, 0.1) is 0 Å². The predicted molar refractivity (Wildman–Crippen MR) is 129 cm³/mol. The van der Waals surface area contributed by atoms with Crippen LogP contribution in [0.4, 0.5) is 19.0 Å². The molecule has 0 bridgehead atoms. The molecule has 174 valence electrons. The summed E-state index contributed by atoms with van der Waals surface area (Å²) in [6.07, 6.45) is -3.82. The second kappa shape index (κ2) is 10.3. The lowest BCUT2D eigenvalue weighted by atomic mass is 10.2. The Morgan fingerprint density at radius 2 is 1.85 bits per heavy atom. The van der Waals surface area contributed by atoms with Crippen LogP contribution in [0.2, 0.25) is 5.02 Å². The van der Waals surface area contributed by atoms with Crippen LogP contribution in [-0.2, 0) is 17.5 Å². The van der Waals surface area contributed by atoms with E-state index in [-0.39, 0.29) is 0 Å². The van der Waals surface area contributed by atoms with E-state index in [9.17, 15) is 18.0 Å². The fraction of sp³-hybridized carbons (Fsp3) is 0.227. The Bertz CT molecular complexity index is 1170. The second-order valence-corrected chi connectivity index (χ2v) is 9.32. The van der Waals surface area contributed by atoms with Crippen molar-refractivity contribution < 1.29 is 18.0 Å². The first-order valence-electron chi connectivity index (χ1n) is 9.65. The van der Waals surface area contributed by atoms with Crippen molar-refractivity contribution in [2.24, 2.45) is 0 Å². The standard InChI is InChI=1S/C22H21ClF3N4OPS/c1-28(2)20(32)18-19(29(3)13-31)27-21(30(18)12-14-7-9-16(23)10-8-14)33-17-6-4-5-15(11-17)22(24,25)26/h4-11,13,32H,12H2,1-3H3. The van der Waals surface area contributed by atoms with Gasteiger partial charge in [-0.3, -0.25) is 9.69 Å². The van der Waals surface area contributed by atoms with Gasteiger partial charge in [0.15, 0.2) is 11.0 Å². The van der Waals surface area contributed by atoms with Crippen LogP contribution in [0.15, 0.2) is 58.6 Å². The van der Waals surface area contributed by atoms with Gasteiger partial charge in [0.25, 0.3) is 0 Å². The number of nitrogens with zero attached hydrogens (tertiary/aromatic N) is 4. The summed E-state index contributed by atoms with van der Waals surface area (Å²) in [5, 5.41) is 1.02. The first-order valence-corrected chi connectivity index (χ1v) is 11.3. The van der Waals surface area contributed by atoms with Gasteiger partial charge in [0.1, 0.15) is 5.69 Å². The Labute approximate surface area is 201 Å². The lowest BCUT2D eigenvalue weighted by molar-refractivity contribution is -0.137. The van der Waals surface area contributed by atoms with Crippen molar-refractivity contribution in [3.8, 4) is 0 Å². The van der Waals surface area contributed by atoms with Crippen molar-refractivity contribution in [2.45, 2.75) is 22.8 Å². The van der Waals surface area contributed by atoms with Gasteiger partial charge in [-0.2, -0.15) is 13.2 Å². The maximum atomic E-state index is 13.2. The highest BCUT2D eigenvalue weighted by Crippen LogP contribution is 2.36. The zero-order chi connectivity index (χ0) is 24.3. The van der Waals surface area contributed by atoms with Crippen molar-refractivity contribution >= 4 is 49.9 Å². The number of hydrogen-bond donors (Lipinski definition) is 0. The van der Waals surface area contributed by atoms with Crippen LogP contribution in [-0.4, -0.2) is 47.4 Å². The fourth-order valence-corrected chi connectivity index (χ4v) is 4.31. The smallest absolute Gasteiger partial charge is 0.311 e. The van der Waals surface area contributed by atoms with Gasteiger partial charge in [0, 0.05) is 17.0 Å². The third-order valence-corrected chi connectivity index (χ3v) is 6.62. The molecule has 0 aliphatic heterocycles. The minimum Gasteiger partial charge on any atom is -0.311 e. The number of anilines is 1. The van der Waals surface area contributed by atoms with Crippen molar-refractivity contribution in [1.82, 2.24) is 14.5 Å². The topological polar surface area (TPSA) is 41.4 Å². The molecule has 1 amide bonds. The number of carbonyl (C=O) groups is 1. The average molecular weight is 513 g/mol. The van der Waals surface area contributed by atoms with Crippen molar-refractivity contribution in [2.75, 3.05) is 26.0 Å². The molecule has 0 spiro atoms. The number of benzene rings is 2. The highest BCUT2D eigenvalue weighted by Gasteiger charge is 2.31. The van der Waals surface area contributed by atoms with E-state index in [0.29, 0.717) is 45.0 Å². The largest absolute Gasteiger partial charge is 0.416 e. The third-order valence-electron chi connectivity index (χ3n) is 4.70. The summed E-state index contributed by atoms with van der Waals surface area (Å²) in [5.41, 5.74) is 1.42. The molecule has 0 N–H and O–H groups in total. The summed E-state index contributed by atoms with van der Waals surface area (Å²) in [6, 6.07) is 12.3. The molecule has 0 unspecified atom stereocenters. The van der Waals surface area contributed by atoms with Crippen LogP contribution in [0.3, 0.4) is 0 Å². The van der Waals surface area contributed by atoms with Gasteiger partial charge >= 0.3 is 6.18 Å². The maximum absolute atomic E-state index is 13.2. The highest BCUT2D eigenvalue weighted by molar-refractivity contribution is 7.99. The lowest BCUT2D eigenvalue weighted by Crippen LogP contribution is -2.27. The third kappa shape index (κ3) is 5.98. The van der Waals surface area contributed by atoms with Crippen LogP contribution in [0.25, 0.3) is 0 Å². The highest BCUT2D eigenvalue weighted by atomic mass is 35.5. The second-order valence-electron chi connectivity index (χ2n) is 7.37. The zero-order valence-corrected chi connectivity index (χ0v) is 20.6. The van der Waals surface area contributed by atoms with Gasteiger partial charge in [-0.1, -0.05) is 50.4 Å². The number of carbonyl (C=O) groups excluding carboxylic acids is 1. The summed E-state index contributed by atoms with van der Waals surface area (Å²) >= 11 is 7.10. The fourth-order valence-electron chi connectivity index (χ4n) is 3.00. The molecule has 3 rings (SSSR count). The molecule has 0 saturated carbocycles. The maximum Gasteiger partial charge on any atom is 0.416 e. The van der Waals surface area contributed by atoms with Crippen LogP contribution in [0.1, 0.15) is 16.8 Å². The van der Waals surface area contributed by atoms with Crippen molar-refractivity contribution in [3.63, 3.8) is 0 Å². The van der Waals surface area contributed by atoms with E-state index in [2.05, 4.69) is 13.8 Å². The first-order chi connectivity index (χ1) is 15.5. The molecule has 0 radical (unpaired) electrons. The Morgan fingerprint density at radius 3 is 2.42 bits per heavy atom. The molecule has 0 atom stereocenters. The van der Waals surface area contributed by atoms with E-state index in [0.717, 1.165) is 29.5 Å². The molecule has 5 nitrogen and oxygen atoms in total. The quantitative estimate of drug-likeness (QED) is 0.294. The lowest BCUT2D eigenvalue weighted by Gasteiger charge is -2.19. The number of hydrogen-bond acceptors (Lipinski definition) is 3. The number of imidazole rings is 1. The zero-order valence-electron chi connectivity index (χ0n) is 18.0. The average Bonchev–Trinajstić information content (AvgIpc) is 3.11. The minimum absolute atomic E-state index is 0.356. The number of amides is 1. The summed E-state index contributed by atoms with van der Waals surface area (Å²) in [7, 11) is 8.85. The molecule has 3 aromatic rings. The van der Waals surface area contributed by atoms with Crippen LogP contribution < -0.4 is 4.90 Å². The van der Waals surface area contributed by atoms with E-state index >= 15 is 0 Å². The molecule has 0 fully saturated rings. The van der Waals surface area contributed by atoms with Gasteiger partial charge in [0.05, 0.1) is 17.5 Å². The van der Waals surface area contributed by atoms with Crippen molar-refractivity contribution in [1.29, 1.82) is 0 Å². The summed E-state index contributed by atoms with van der Waals surface area (Å²) in [5.74, 6) is 0.368. The molecule has 0 aliphatic rings. The van der Waals surface area contributed by atoms with E-state index in [1.165, 1.54) is 11.0 Å². The number of rotatable bonds is 8. The van der Waals surface area contributed by atoms with Crippen molar-refractivity contribution in [3.05, 3.63) is 70.4 Å². The molecule has 1 aromatic heterocycles. The van der Waals surface area contributed by atoms with Gasteiger partial charge in [-0.25, -0.2) is 4.98 Å². The normalized spacial score (nSPS) is 11.6. The summed E-state index contributed by atoms with van der Waals surface area (Å²) in [6.45, 7) is 0.356. The molecule has 2 aromatic carbocycles. The SMILES string of the molecule is CN(C)C(=P)c1c(N(C)C=O)nc(Sc2cccc(C(F)(F)F)c2)n1Cc1ccc(Cl)cc1. The molecule has 0 aliphatic carbocycles. The molecule has 33 heavy (non-hydrogen) atoms. The van der Waals surface area contributed by atoms with Gasteiger partial charge in [-0.15, -0.1) is 0 Å². The Kier molecular flexibility index (Phi) is 7.90. The monoisotopic (exact) mass is 512 g/mol. The predicted octanol–water partition coefficient (Wildman–Crippen LogP) is 5.53.